The fraction of sp³-hybridized carbons (Fsp3) is 0.182. The molecule has 1 atom stereocenters. The average Bonchev–Trinajstić information content (AvgIpc) is 2.53. The summed E-state index contributed by atoms with van der Waals surface area (Å²) in [6.07, 6.45) is 7.49. The van der Waals surface area contributed by atoms with E-state index in [0.29, 0.717) is 5.57 Å². The molecule has 0 spiro atoms. The Labute approximate surface area is 76.8 Å². The quantitative estimate of drug-likeness (QED) is 0.601. The Balaban J connectivity index is 2.59. The molecule has 64 valence electrons. The van der Waals surface area contributed by atoms with E-state index in [-0.39, 0.29) is 5.92 Å². The Morgan fingerprint density at radius 1 is 1.54 bits per heavy atom. The van der Waals surface area contributed by atoms with Crippen LogP contribution < -0.4 is 0 Å². The van der Waals surface area contributed by atoms with Crippen molar-refractivity contribution in [1.82, 2.24) is 0 Å². The Kier molecular flexibility index (Phi) is 1.79. The molecule has 1 aliphatic rings. The summed E-state index contributed by atoms with van der Waals surface area (Å²) in [5, 5.41) is 8.91. The van der Waals surface area contributed by atoms with E-state index < -0.39 is 0 Å². The molecule has 0 N–H and O–H groups in total. The third-order valence-electron chi connectivity index (χ3n) is 2.09. The maximum absolute atomic E-state index is 8.91. The lowest BCUT2D eigenvalue weighted by Gasteiger charge is -1.95. The molecule has 2 heteroatoms. The first-order valence-corrected chi connectivity index (χ1v) is 4.19. The third kappa shape index (κ3) is 1.29. The molecule has 1 aromatic heterocycles. The van der Waals surface area contributed by atoms with Gasteiger partial charge in [0.25, 0.3) is 0 Å². The van der Waals surface area contributed by atoms with E-state index in [1.165, 1.54) is 0 Å². The maximum atomic E-state index is 8.91. The molecule has 13 heavy (non-hydrogen) atoms. The van der Waals surface area contributed by atoms with E-state index >= 15 is 0 Å². The van der Waals surface area contributed by atoms with Crippen molar-refractivity contribution in [2.24, 2.45) is 5.92 Å². The van der Waals surface area contributed by atoms with Gasteiger partial charge in [0, 0.05) is 5.56 Å². The van der Waals surface area contributed by atoms with Crippen LogP contribution in [0.5, 0.6) is 0 Å². The Morgan fingerprint density at radius 2 is 2.38 bits per heavy atom. The summed E-state index contributed by atoms with van der Waals surface area (Å²) in [4.78, 5) is 0. The second-order valence-corrected chi connectivity index (χ2v) is 3.11. The summed E-state index contributed by atoms with van der Waals surface area (Å²) in [5.41, 5.74) is 1.59. The lowest BCUT2D eigenvalue weighted by molar-refractivity contribution is 0.556. The summed E-state index contributed by atoms with van der Waals surface area (Å²) < 4.78 is 5.24. The van der Waals surface area contributed by atoms with E-state index in [1.54, 1.807) is 6.26 Å². The van der Waals surface area contributed by atoms with Crippen molar-refractivity contribution in [3.05, 3.63) is 35.8 Å². The summed E-state index contributed by atoms with van der Waals surface area (Å²) in [6, 6.07) is 4.00. The van der Waals surface area contributed by atoms with Gasteiger partial charge in [0.2, 0.25) is 0 Å². The number of nitriles is 1. The topological polar surface area (TPSA) is 36.9 Å². The van der Waals surface area contributed by atoms with Gasteiger partial charge in [-0.05, 0) is 18.1 Å². The van der Waals surface area contributed by atoms with Crippen LogP contribution in [0.3, 0.4) is 0 Å². The lowest BCUT2D eigenvalue weighted by atomic mass is 10.1. The fourth-order valence-electron chi connectivity index (χ4n) is 1.42. The lowest BCUT2D eigenvalue weighted by Crippen LogP contribution is -1.83. The maximum Gasteiger partial charge on any atom is 0.134 e. The van der Waals surface area contributed by atoms with Crippen LogP contribution in [0.4, 0.5) is 0 Å². The minimum Gasteiger partial charge on any atom is -0.464 e. The van der Waals surface area contributed by atoms with Crippen molar-refractivity contribution in [3.8, 4) is 6.07 Å². The molecular formula is C11H9NO. The molecule has 1 heterocycles. The van der Waals surface area contributed by atoms with Crippen LogP contribution in [0.2, 0.25) is 0 Å². The molecule has 0 bridgehead atoms. The zero-order valence-corrected chi connectivity index (χ0v) is 7.32. The molecule has 0 fully saturated rings. The van der Waals surface area contributed by atoms with Crippen LogP contribution in [-0.2, 0) is 0 Å². The molecule has 0 aliphatic heterocycles. The number of allylic oxidation sites excluding steroid dienone is 3. The molecule has 1 unspecified atom stereocenters. The van der Waals surface area contributed by atoms with Crippen LogP contribution in [0.1, 0.15) is 18.2 Å². The molecular weight excluding hydrogens is 162 g/mol. The monoisotopic (exact) mass is 171 g/mol. The van der Waals surface area contributed by atoms with Gasteiger partial charge in [-0.2, -0.15) is 5.26 Å². The van der Waals surface area contributed by atoms with Crippen molar-refractivity contribution >= 4 is 11.6 Å². The normalized spacial score (nSPS) is 20.0. The first-order chi connectivity index (χ1) is 6.31. The highest BCUT2D eigenvalue weighted by Crippen LogP contribution is 2.26. The molecule has 1 aliphatic carbocycles. The zero-order chi connectivity index (χ0) is 9.26. The standard InChI is InChI=1S/C11H9NO/c1-8-2-3-11-10(4-5-13-11)9(6-8)7-12/h2-6,8H,1H3. The number of rotatable bonds is 0. The smallest absolute Gasteiger partial charge is 0.134 e. The van der Waals surface area contributed by atoms with Gasteiger partial charge in [-0.15, -0.1) is 0 Å². The predicted molar refractivity (Wildman–Crippen MR) is 50.5 cm³/mol. The SMILES string of the molecule is CC1C=Cc2occc2C(C#N)=C1. The van der Waals surface area contributed by atoms with Gasteiger partial charge in [-0.25, -0.2) is 0 Å². The van der Waals surface area contributed by atoms with Crippen LogP contribution in [0, 0.1) is 17.2 Å². The van der Waals surface area contributed by atoms with Crippen molar-refractivity contribution < 1.29 is 4.42 Å². The van der Waals surface area contributed by atoms with E-state index in [4.69, 9.17) is 9.68 Å². The average molecular weight is 171 g/mol. The highest BCUT2D eigenvalue weighted by Gasteiger charge is 2.12. The zero-order valence-electron chi connectivity index (χ0n) is 7.32. The largest absolute Gasteiger partial charge is 0.464 e. The number of hydrogen-bond donors (Lipinski definition) is 0. The van der Waals surface area contributed by atoms with Gasteiger partial charge in [-0.1, -0.05) is 19.1 Å². The van der Waals surface area contributed by atoms with Crippen molar-refractivity contribution in [3.63, 3.8) is 0 Å². The van der Waals surface area contributed by atoms with Crippen LogP contribution in [0.25, 0.3) is 11.6 Å². The summed E-state index contributed by atoms with van der Waals surface area (Å²) in [7, 11) is 0. The van der Waals surface area contributed by atoms with Gasteiger partial charge < -0.3 is 4.42 Å². The summed E-state index contributed by atoms with van der Waals surface area (Å²) in [6.45, 7) is 2.04. The Morgan fingerprint density at radius 3 is 3.15 bits per heavy atom. The van der Waals surface area contributed by atoms with Gasteiger partial charge in [0.1, 0.15) is 5.76 Å². The van der Waals surface area contributed by atoms with Crippen LogP contribution >= 0.6 is 0 Å². The second-order valence-electron chi connectivity index (χ2n) is 3.11. The predicted octanol–water partition coefficient (Wildman–Crippen LogP) is 2.85. The molecule has 0 radical (unpaired) electrons. The molecule has 0 amide bonds. The highest BCUT2D eigenvalue weighted by atomic mass is 16.3. The van der Waals surface area contributed by atoms with Crippen LogP contribution in [-0.4, -0.2) is 0 Å². The van der Waals surface area contributed by atoms with Crippen molar-refractivity contribution in [2.75, 3.05) is 0 Å². The number of hydrogen-bond acceptors (Lipinski definition) is 2. The van der Waals surface area contributed by atoms with E-state index in [0.717, 1.165) is 11.3 Å². The molecule has 0 saturated carbocycles. The van der Waals surface area contributed by atoms with E-state index in [9.17, 15) is 0 Å². The van der Waals surface area contributed by atoms with E-state index in [2.05, 4.69) is 6.07 Å². The van der Waals surface area contributed by atoms with E-state index in [1.807, 2.05) is 31.2 Å². The number of furan rings is 1. The van der Waals surface area contributed by atoms with Gasteiger partial charge >= 0.3 is 0 Å². The fourth-order valence-corrected chi connectivity index (χ4v) is 1.42. The minimum absolute atomic E-state index is 0.289. The van der Waals surface area contributed by atoms with Crippen molar-refractivity contribution in [2.45, 2.75) is 6.92 Å². The molecule has 0 saturated heterocycles. The van der Waals surface area contributed by atoms with Crippen LogP contribution in [0.15, 0.2) is 28.9 Å². The van der Waals surface area contributed by atoms with Gasteiger partial charge in [0.15, 0.2) is 0 Å². The summed E-state index contributed by atoms with van der Waals surface area (Å²) >= 11 is 0. The highest BCUT2D eigenvalue weighted by molar-refractivity contribution is 5.82. The molecule has 1 aromatic rings. The molecule has 0 aromatic carbocycles. The second kappa shape index (κ2) is 2.95. The minimum atomic E-state index is 0.289. The van der Waals surface area contributed by atoms with Gasteiger partial charge in [-0.3, -0.25) is 0 Å². The molecule has 2 rings (SSSR count). The third-order valence-corrected chi connectivity index (χ3v) is 2.09. The first-order valence-electron chi connectivity index (χ1n) is 4.19. The van der Waals surface area contributed by atoms with Gasteiger partial charge in [0.05, 0.1) is 17.9 Å². The molecule has 2 nitrogen and oxygen atoms in total. The first kappa shape index (κ1) is 7.88. The summed E-state index contributed by atoms with van der Waals surface area (Å²) in [5.74, 6) is 1.06. The Bertz CT molecular complexity index is 418. The Hall–Kier alpha value is -1.75. The number of fused-ring (bicyclic) bond motifs is 1. The number of nitrogens with zero attached hydrogens (tertiary/aromatic N) is 1. The van der Waals surface area contributed by atoms with Crippen molar-refractivity contribution in [1.29, 1.82) is 5.26 Å².